The number of halogens is 1. The summed E-state index contributed by atoms with van der Waals surface area (Å²) in [5.74, 6) is 0.179. The molecule has 0 saturated heterocycles. The molecule has 2 N–H and O–H groups in total. The predicted molar refractivity (Wildman–Crippen MR) is 65.8 cm³/mol. The smallest absolute Gasteiger partial charge is 0.256 e. The molecular formula is C11H8BrN3O2. The number of nitrogens with one attached hydrogen (secondary N) is 1. The van der Waals surface area contributed by atoms with Crippen molar-refractivity contribution in [1.29, 1.82) is 0 Å². The molecule has 2 aromatic rings. The average molecular weight is 294 g/mol. The number of benzene rings is 1. The van der Waals surface area contributed by atoms with Crippen LogP contribution in [0, 0.1) is 0 Å². The van der Waals surface area contributed by atoms with Gasteiger partial charge in [0.2, 0.25) is 0 Å². The van der Waals surface area contributed by atoms with Crippen molar-refractivity contribution in [3.05, 3.63) is 46.8 Å². The first-order valence-electron chi connectivity index (χ1n) is 4.73. The summed E-state index contributed by atoms with van der Waals surface area (Å²) in [6.07, 6.45) is 2.94. The lowest BCUT2D eigenvalue weighted by Gasteiger charge is -2.03. The molecule has 1 aromatic heterocycles. The molecule has 1 aromatic carbocycles. The summed E-state index contributed by atoms with van der Waals surface area (Å²) in [5, 5.41) is 11.7. The van der Waals surface area contributed by atoms with Crippen molar-refractivity contribution in [1.82, 2.24) is 9.97 Å². The van der Waals surface area contributed by atoms with Crippen LogP contribution in [0.25, 0.3) is 0 Å². The standard InChI is InChI=1S/C11H8BrN3O2/c12-9-5-14-10(6-13-9)15-11(17)7-1-3-8(16)4-2-7/h1-6,16H,(H,14,15,17). The minimum absolute atomic E-state index is 0.116. The van der Waals surface area contributed by atoms with Crippen LogP contribution in [0.15, 0.2) is 41.3 Å². The van der Waals surface area contributed by atoms with E-state index >= 15 is 0 Å². The summed E-state index contributed by atoms with van der Waals surface area (Å²) in [4.78, 5) is 19.6. The van der Waals surface area contributed by atoms with E-state index in [-0.39, 0.29) is 11.7 Å². The van der Waals surface area contributed by atoms with Crippen LogP contribution in [0.5, 0.6) is 5.75 Å². The van der Waals surface area contributed by atoms with Gasteiger partial charge in [-0.3, -0.25) is 4.79 Å². The number of phenols is 1. The fourth-order valence-electron chi connectivity index (χ4n) is 1.18. The van der Waals surface area contributed by atoms with E-state index in [2.05, 4.69) is 31.2 Å². The topological polar surface area (TPSA) is 75.1 Å². The molecule has 5 nitrogen and oxygen atoms in total. The second kappa shape index (κ2) is 4.92. The third kappa shape index (κ3) is 3.01. The Labute approximate surface area is 106 Å². The highest BCUT2D eigenvalue weighted by Crippen LogP contribution is 2.12. The number of carbonyl (C=O) groups is 1. The molecule has 6 heteroatoms. The van der Waals surface area contributed by atoms with Crippen LogP contribution in [-0.4, -0.2) is 21.0 Å². The molecule has 0 aliphatic carbocycles. The summed E-state index contributed by atoms with van der Waals surface area (Å²) in [7, 11) is 0. The van der Waals surface area contributed by atoms with E-state index in [0.29, 0.717) is 16.0 Å². The highest BCUT2D eigenvalue weighted by molar-refractivity contribution is 9.10. The number of anilines is 1. The van der Waals surface area contributed by atoms with Gasteiger partial charge >= 0.3 is 0 Å². The molecule has 0 aliphatic rings. The van der Waals surface area contributed by atoms with Gasteiger partial charge in [0.05, 0.1) is 12.4 Å². The van der Waals surface area contributed by atoms with Gasteiger partial charge in [0, 0.05) is 5.56 Å². The van der Waals surface area contributed by atoms with E-state index < -0.39 is 0 Å². The third-order valence-electron chi connectivity index (χ3n) is 1.99. The average Bonchev–Trinajstić information content (AvgIpc) is 2.33. The maximum absolute atomic E-state index is 11.7. The Bertz CT molecular complexity index is 525. The van der Waals surface area contributed by atoms with E-state index in [9.17, 15) is 4.79 Å². The van der Waals surface area contributed by atoms with Gasteiger partial charge in [0.25, 0.3) is 5.91 Å². The summed E-state index contributed by atoms with van der Waals surface area (Å²) < 4.78 is 0.597. The Morgan fingerprint density at radius 2 is 1.88 bits per heavy atom. The number of hydrogen-bond donors (Lipinski definition) is 2. The zero-order valence-electron chi connectivity index (χ0n) is 8.59. The molecule has 0 unspecified atom stereocenters. The molecule has 0 bridgehead atoms. The first-order chi connectivity index (χ1) is 8.15. The normalized spacial score (nSPS) is 9.94. The number of hydrogen-bond acceptors (Lipinski definition) is 4. The van der Waals surface area contributed by atoms with Gasteiger partial charge < -0.3 is 10.4 Å². The van der Waals surface area contributed by atoms with Gasteiger partial charge in [-0.2, -0.15) is 0 Å². The first-order valence-corrected chi connectivity index (χ1v) is 5.52. The Hall–Kier alpha value is -1.95. The lowest BCUT2D eigenvalue weighted by Crippen LogP contribution is -2.12. The van der Waals surface area contributed by atoms with Crippen LogP contribution in [0.3, 0.4) is 0 Å². The van der Waals surface area contributed by atoms with E-state index in [1.54, 1.807) is 0 Å². The minimum atomic E-state index is -0.304. The number of carbonyl (C=O) groups excluding carboxylic acids is 1. The molecule has 86 valence electrons. The van der Waals surface area contributed by atoms with Crippen LogP contribution in [0.2, 0.25) is 0 Å². The van der Waals surface area contributed by atoms with Crippen molar-refractivity contribution in [2.24, 2.45) is 0 Å². The first kappa shape index (κ1) is 11.5. The van der Waals surface area contributed by atoms with E-state index in [1.807, 2.05) is 0 Å². The molecule has 1 amide bonds. The molecule has 17 heavy (non-hydrogen) atoms. The van der Waals surface area contributed by atoms with Gasteiger partial charge in [-0.25, -0.2) is 9.97 Å². The number of amides is 1. The molecule has 0 aliphatic heterocycles. The van der Waals surface area contributed by atoms with Crippen molar-refractivity contribution in [2.75, 3.05) is 5.32 Å². The Balaban J connectivity index is 2.11. The number of aromatic hydroxyl groups is 1. The van der Waals surface area contributed by atoms with Crippen molar-refractivity contribution in [2.45, 2.75) is 0 Å². The SMILES string of the molecule is O=C(Nc1cnc(Br)cn1)c1ccc(O)cc1. The number of phenolic OH excluding ortho intramolecular Hbond substituents is 1. The zero-order valence-corrected chi connectivity index (χ0v) is 10.2. The van der Waals surface area contributed by atoms with E-state index in [1.165, 1.54) is 36.7 Å². The van der Waals surface area contributed by atoms with Crippen molar-refractivity contribution in [3.8, 4) is 5.75 Å². The molecule has 1 heterocycles. The third-order valence-corrected chi connectivity index (χ3v) is 2.40. The van der Waals surface area contributed by atoms with E-state index in [0.717, 1.165) is 0 Å². The fourth-order valence-corrected chi connectivity index (χ4v) is 1.38. The van der Waals surface area contributed by atoms with Gasteiger partial charge in [-0.05, 0) is 40.2 Å². The maximum Gasteiger partial charge on any atom is 0.256 e. The summed E-state index contributed by atoms with van der Waals surface area (Å²) in [6.45, 7) is 0. The van der Waals surface area contributed by atoms with Crippen LogP contribution in [0.4, 0.5) is 5.82 Å². The molecule has 0 saturated carbocycles. The second-order valence-electron chi connectivity index (χ2n) is 3.23. The van der Waals surface area contributed by atoms with Gasteiger partial charge in [-0.1, -0.05) is 0 Å². The molecule has 0 atom stereocenters. The Morgan fingerprint density at radius 1 is 1.18 bits per heavy atom. The lowest BCUT2D eigenvalue weighted by molar-refractivity contribution is 0.102. The second-order valence-corrected chi connectivity index (χ2v) is 4.04. The highest BCUT2D eigenvalue weighted by Gasteiger charge is 2.06. The number of nitrogens with zero attached hydrogens (tertiary/aromatic N) is 2. The lowest BCUT2D eigenvalue weighted by atomic mass is 10.2. The maximum atomic E-state index is 11.7. The fraction of sp³-hybridized carbons (Fsp3) is 0. The largest absolute Gasteiger partial charge is 0.508 e. The molecule has 0 fully saturated rings. The van der Waals surface area contributed by atoms with Gasteiger partial charge in [0.1, 0.15) is 10.4 Å². The van der Waals surface area contributed by atoms with Gasteiger partial charge in [0.15, 0.2) is 5.82 Å². The Kier molecular flexibility index (Phi) is 3.34. The summed E-state index contributed by atoms with van der Waals surface area (Å²) >= 11 is 3.15. The monoisotopic (exact) mass is 293 g/mol. The van der Waals surface area contributed by atoms with Crippen LogP contribution >= 0.6 is 15.9 Å². The predicted octanol–water partition coefficient (Wildman–Crippen LogP) is 2.20. The number of rotatable bonds is 2. The molecule has 2 rings (SSSR count). The quantitative estimate of drug-likeness (QED) is 0.890. The molecule has 0 spiro atoms. The Morgan fingerprint density at radius 3 is 2.47 bits per heavy atom. The van der Waals surface area contributed by atoms with Gasteiger partial charge in [-0.15, -0.1) is 0 Å². The van der Waals surface area contributed by atoms with Crippen molar-refractivity contribution >= 4 is 27.7 Å². The van der Waals surface area contributed by atoms with Crippen LogP contribution < -0.4 is 5.32 Å². The van der Waals surface area contributed by atoms with E-state index in [4.69, 9.17) is 5.11 Å². The molecule has 0 radical (unpaired) electrons. The number of aromatic nitrogens is 2. The zero-order chi connectivity index (χ0) is 12.3. The summed E-state index contributed by atoms with van der Waals surface area (Å²) in [6, 6.07) is 5.94. The van der Waals surface area contributed by atoms with Crippen molar-refractivity contribution < 1.29 is 9.90 Å². The van der Waals surface area contributed by atoms with Crippen molar-refractivity contribution in [3.63, 3.8) is 0 Å². The van der Waals surface area contributed by atoms with Crippen LogP contribution in [-0.2, 0) is 0 Å². The highest BCUT2D eigenvalue weighted by atomic mass is 79.9. The van der Waals surface area contributed by atoms with Crippen LogP contribution in [0.1, 0.15) is 10.4 Å². The minimum Gasteiger partial charge on any atom is -0.508 e. The summed E-state index contributed by atoms with van der Waals surface area (Å²) in [5.41, 5.74) is 0.438. The molecular weight excluding hydrogens is 286 g/mol.